The second kappa shape index (κ2) is 4.64. The van der Waals surface area contributed by atoms with Gasteiger partial charge in [-0.25, -0.2) is 4.39 Å². The number of fused-ring (bicyclic) bond motifs is 1. The molecule has 3 rings (SSSR count). The molecule has 0 fully saturated rings. The number of carbonyl (C=O) groups is 2. The molecule has 1 aliphatic rings. The van der Waals surface area contributed by atoms with Crippen LogP contribution in [0.1, 0.15) is 16.1 Å². The largest absolute Gasteiger partial charge is 0.299 e. The summed E-state index contributed by atoms with van der Waals surface area (Å²) in [6.07, 6.45) is 0. The molecule has 0 unspecified atom stereocenters. The van der Waals surface area contributed by atoms with Crippen LogP contribution in [-0.2, 0) is 11.3 Å². The number of amides is 1. The van der Waals surface area contributed by atoms with Crippen molar-refractivity contribution in [2.75, 3.05) is 4.90 Å². The maximum absolute atomic E-state index is 13.3. The molecule has 0 saturated heterocycles. The van der Waals surface area contributed by atoms with Crippen molar-refractivity contribution in [1.82, 2.24) is 10.2 Å². The number of aromatic nitrogens is 2. The van der Waals surface area contributed by atoms with Gasteiger partial charge in [-0.2, -0.15) is 5.10 Å². The van der Waals surface area contributed by atoms with E-state index in [2.05, 4.69) is 10.2 Å². The van der Waals surface area contributed by atoms with E-state index in [9.17, 15) is 14.0 Å². The summed E-state index contributed by atoms with van der Waals surface area (Å²) in [6, 6.07) is 6.72. The van der Waals surface area contributed by atoms with Gasteiger partial charge in [0, 0.05) is 0 Å². The maximum Gasteiger partial charge on any atom is 0.299 e. The van der Waals surface area contributed by atoms with E-state index in [1.807, 2.05) is 0 Å². The van der Waals surface area contributed by atoms with Crippen molar-refractivity contribution in [3.8, 4) is 0 Å². The molecule has 0 atom stereocenters. The minimum absolute atomic E-state index is 0.0329. The van der Waals surface area contributed by atoms with Gasteiger partial charge in [0.25, 0.3) is 11.7 Å². The molecular formula is C13H7ClFN3O2. The summed E-state index contributed by atoms with van der Waals surface area (Å²) in [7, 11) is 0. The van der Waals surface area contributed by atoms with Crippen molar-refractivity contribution in [2.45, 2.75) is 6.54 Å². The van der Waals surface area contributed by atoms with Crippen LogP contribution in [0, 0.1) is 5.82 Å². The Morgan fingerprint density at radius 2 is 1.95 bits per heavy atom. The first-order valence-electron chi connectivity index (χ1n) is 5.70. The Balaban J connectivity index is 1.98. The van der Waals surface area contributed by atoms with Gasteiger partial charge in [-0.05, 0) is 30.3 Å². The zero-order chi connectivity index (χ0) is 14.3. The standard InChI is InChI=1S/C13H7ClFN3O2/c14-11-4-2-8(16-17-11)6-18-10-5-7(15)1-3-9(10)12(19)13(18)20/h1-5H,6H2. The third-order valence-corrected chi connectivity index (χ3v) is 3.14. The SMILES string of the molecule is O=C1C(=O)N(Cc2ccc(Cl)nn2)c2cc(F)ccc21. The molecule has 1 aromatic carbocycles. The lowest BCUT2D eigenvalue weighted by atomic mass is 10.1. The fourth-order valence-corrected chi connectivity index (χ4v) is 2.12. The molecule has 20 heavy (non-hydrogen) atoms. The van der Waals surface area contributed by atoms with Gasteiger partial charge < -0.3 is 0 Å². The van der Waals surface area contributed by atoms with Gasteiger partial charge in [-0.3, -0.25) is 14.5 Å². The lowest BCUT2D eigenvalue weighted by Gasteiger charge is -2.15. The van der Waals surface area contributed by atoms with Crippen molar-refractivity contribution < 1.29 is 14.0 Å². The Bertz CT molecular complexity index is 718. The molecule has 7 heteroatoms. The van der Waals surface area contributed by atoms with Gasteiger partial charge in [0.1, 0.15) is 5.82 Å². The third kappa shape index (κ3) is 2.04. The van der Waals surface area contributed by atoms with E-state index >= 15 is 0 Å². The van der Waals surface area contributed by atoms with Crippen LogP contribution in [0.4, 0.5) is 10.1 Å². The van der Waals surface area contributed by atoms with Crippen molar-refractivity contribution >= 4 is 29.0 Å². The molecule has 1 amide bonds. The number of hydrogen-bond donors (Lipinski definition) is 0. The number of rotatable bonds is 2. The first-order chi connectivity index (χ1) is 9.56. The second-order valence-electron chi connectivity index (χ2n) is 4.23. The van der Waals surface area contributed by atoms with Crippen molar-refractivity contribution in [1.29, 1.82) is 0 Å². The van der Waals surface area contributed by atoms with E-state index in [1.165, 1.54) is 17.0 Å². The Labute approximate surface area is 118 Å². The monoisotopic (exact) mass is 291 g/mol. The molecule has 0 spiro atoms. The zero-order valence-electron chi connectivity index (χ0n) is 10.0. The summed E-state index contributed by atoms with van der Waals surface area (Å²) in [6.45, 7) is 0.0329. The Hall–Kier alpha value is -2.34. The van der Waals surface area contributed by atoms with E-state index < -0.39 is 17.5 Å². The van der Waals surface area contributed by atoms with Crippen LogP contribution in [0.5, 0.6) is 0 Å². The van der Waals surface area contributed by atoms with E-state index in [-0.39, 0.29) is 22.9 Å². The fraction of sp³-hybridized carbons (Fsp3) is 0.0769. The summed E-state index contributed by atoms with van der Waals surface area (Å²) in [5.41, 5.74) is 0.891. The highest BCUT2D eigenvalue weighted by Gasteiger charge is 2.36. The lowest BCUT2D eigenvalue weighted by molar-refractivity contribution is -0.114. The highest BCUT2D eigenvalue weighted by Crippen LogP contribution is 2.30. The molecule has 100 valence electrons. The number of halogens is 2. The summed E-state index contributed by atoms with van der Waals surface area (Å²) in [4.78, 5) is 24.9. The maximum atomic E-state index is 13.3. The highest BCUT2D eigenvalue weighted by molar-refractivity contribution is 6.52. The molecule has 2 heterocycles. The minimum atomic E-state index is -0.706. The van der Waals surface area contributed by atoms with Crippen LogP contribution >= 0.6 is 11.6 Å². The summed E-state index contributed by atoms with van der Waals surface area (Å²) in [5, 5.41) is 7.70. The van der Waals surface area contributed by atoms with Gasteiger partial charge in [-0.15, -0.1) is 5.10 Å². The van der Waals surface area contributed by atoms with E-state index in [1.54, 1.807) is 6.07 Å². The first kappa shape index (κ1) is 12.7. The van der Waals surface area contributed by atoms with Crippen LogP contribution in [0.3, 0.4) is 0 Å². The molecule has 1 aliphatic heterocycles. The number of carbonyl (C=O) groups excluding carboxylic acids is 2. The van der Waals surface area contributed by atoms with Gasteiger partial charge in [0.05, 0.1) is 23.5 Å². The second-order valence-corrected chi connectivity index (χ2v) is 4.62. The average molecular weight is 292 g/mol. The van der Waals surface area contributed by atoms with Crippen LogP contribution < -0.4 is 4.90 Å². The number of Topliss-reactive ketones (excluding diaryl/α,β-unsaturated/α-hetero) is 1. The summed E-state index contributed by atoms with van der Waals surface area (Å²) < 4.78 is 13.3. The molecule has 0 aliphatic carbocycles. The van der Waals surface area contributed by atoms with Gasteiger partial charge in [0.2, 0.25) is 0 Å². The molecule has 5 nitrogen and oxygen atoms in total. The van der Waals surface area contributed by atoms with Crippen LogP contribution in [0.15, 0.2) is 30.3 Å². The normalized spacial score (nSPS) is 13.8. The van der Waals surface area contributed by atoms with Crippen LogP contribution in [0.2, 0.25) is 5.15 Å². The fourth-order valence-electron chi connectivity index (χ4n) is 2.01. The van der Waals surface area contributed by atoms with Crippen LogP contribution in [-0.4, -0.2) is 21.9 Å². The van der Waals surface area contributed by atoms with Gasteiger partial charge >= 0.3 is 0 Å². The topological polar surface area (TPSA) is 63.2 Å². The molecule has 0 saturated carbocycles. The van der Waals surface area contributed by atoms with Crippen molar-refractivity contribution in [3.05, 3.63) is 52.6 Å². The predicted molar refractivity (Wildman–Crippen MR) is 69.0 cm³/mol. The average Bonchev–Trinajstić information content (AvgIpc) is 2.66. The molecule has 1 aromatic heterocycles. The Morgan fingerprint density at radius 3 is 2.65 bits per heavy atom. The molecule has 2 aromatic rings. The third-order valence-electron chi connectivity index (χ3n) is 2.94. The molecule has 0 radical (unpaired) electrons. The van der Waals surface area contributed by atoms with Gasteiger partial charge in [0.15, 0.2) is 5.15 Å². The summed E-state index contributed by atoms with van der Waals surface area (Å²) in [5.74, 6) is -1.87. The van der Waals surface area contributed by atoms with Crippen molar-refractivity contribution in [3.63, 3.8) is 0 Å². The van der Waals surface area contributed by atoms with Crippen molar-refractivity contribution in [2.24, 2.45) is 0 Å². The minimum Gasteiger partial charge on any atom is -0.299 e. The van der Waals surface area contributed by atoms with E-state index in [0.717, 1.165) is 12.1 Å². The molecular weight excluding hydrogens is 285 g/mol. The number of benzene rings is 1. The Kier molecular flexibility index (Phi) is 2.94. The number of nitrogens with zero attached hydrogens (tertiary/aromatic N) is 3. The predicted octanol–water partition coefficient (Wildman–Crippen LogP) is 2.00. The quantitative estimate of drug-likeness (QED) is 0.794. The lowest BCUT2D eigenvalue weighted by Crippen LogP contribution is -2.29. The molecule has 0 N–H and O–H groups in total. The highest BCUT2D eigenvalue weighted by atomic mass is 35.5. The van der Waals surface area contributed by atoms with Gasteiger partial charge in [-0.1, -0.05) is 11.6 Å². The smallest absolute Gasteiger partial charge is 0.299 e. The van der Waals surface area contributed by atoms with E-state index in [0.29, 0.717) is 5.69 Å². The van der Waals surface area contributed by atoms with E-state index in [4.69, 9.17) is 11.6 Å². The first-order valence-corrected chi connectivity index (χ1v) is 6.08. The Morgan fingerprint density at radius 1 is 1.15 bits per heavy atom. The summed E-state index contributed by atoms with van der Waals surface area (Å²) >= 11 is 5.62. The number of anilines is 1. The zero-order valence-corrected chi connectivity index (χ0v) is 10.8. The number of hydrogen-bond acceptors (Lipinski definition) is 4. The number of ketones is 1. The molecule has 0 bridgehead atoms. The van der Waals surface area contributed by atoms with Crippen LogP contribution in [0.25, 0.3) is 0 Å².